The number of rotatable bonds is 9. The Morgan fingerprint density at radius 2 is 1.72 bits per heavy atom. The number of hydrogen-bond acceptors (Lipinski definition) is 7. The summed E-state index contributed by atoms with van der Waals surface area (Å²) in [5.41, 5.74) is 5.97. The number of benzene rings is 3. The number of nitro groups is 1. The first-order valence-corrected chi connectivity index (χ1v) is 13.2. The third-order valence-electron chi connectivity index (χ3n) is 5.75. The molecule has 4 rings (SSSR count). The summed E-state index contributed by atoms with van der Waals surface area (Å²) in [7, 11) is 0. The van der Waals surface area contributed by atoms with Gasteiger partial charge in [0.25, 0.3) is 11.6 Å². The monoisotopic (exact) mass is 540 g/mol. The van der Waals surface area contributed by atoms with Crippen LogP contribution in [0.5, 0.6) is 0 Å². The van der Waals surface area contributed by atoms with Crippen molar-refractivity contribution in [3.63, 3.8) is 0 Å². The number of carbonyl (C=O) groups is 1. The van der Waals surface area contributed by atoms with Crippen molar-refractivity contribution in [1.82, 2.24) is 20.2 Å². The van der Waals surface area contributed by atoms with E-state index < -0.39 is 4.92 Å². The Kier molecular flexibility index (Phi) is 8.67. The Morgan fingerprint density at radius 1 is 1.03 bits per heavy atom. The Bertz CT molecular complexity index is 1510. The number of amides is 1. The van der Waals surface area contributed by atoms with E-state index in [1.165, 1.54) is 35.7 Å². The number of hydrogen-bond donors (Lipinski definition) is 1. The number of nitro benzene ring substituents is 1. The van der Waals surface area contributed by atoms with Crippen LogP contribution < -0.4 is 5.43 Å². The maximum atomic E-state index is 12.4. The smallest absolute Gasteiger partial charge is 0.272 e. The Labute approximate surface area is 230 Å². The second-order valence-corrected chi connectivity index (χ2v) is 10.5. The second-order valence-electron chi connectivity index (χ2n) is 9.58. The quantitative estimate of drug-likeness (QED) is 0.120. The fraction of sp³-hybridized carbons (Fsp3) is 0.172. The van der Waals surface area contributed by atoms with Crippen molar-refractivity contribution >= 4 is 35.6 Å². The van der Waals surface area contributed by atoms with E-state index in [4.69, 9.17) is 0 Å². The molecule has 0 bridgehead atoms. The van der Waals surface area contributed by atoms with Crippen LogP contribution in [0.1, 0.15) is 31.9 Å². The first kappa shape index (κ1) is 27.5. The van der Waals surface area contributed by atoms with Crippen molar-refractivity contribution in [1.29, 1.82) is 0 Å². The van der Waals surface area contributed by atoms with Crippen molar-refractivity contribution in [3.8, 4) is 17.1 Å². The van der Waals surface area contributed by atoms with Gasteiger partial charge in [-0.05, 0) is 41.3 Å². The van der Waals surface area contributed by atoms with Crippen LogP contribution in [0.4, 0.5) is 5.69 Å². The van der Waals surface area contributed by atoms with Gasteiger partial charge in [-0.1, -0.05) is 87.1 Å². The maximum Gasteiger partial charge on any atom is 0.276 e. The van der Waals surface area contributed by atoms with E-state index in [9.17, 15) is 14.9 Å². The standard InChI is InChI=1S/C29H28N6O3S/c1-29(2,3)23-17-15-22(16-18-23)27-32-33-28(34(27)24-12-5-4-6-13-24)39-20-26(36)31-30-19-9-11-21-10-7-8-14-25(21)35(37)38/h4-19H,20H2,1-3H3,(H,31,36)/b11-9-,30-19+. The maximum absolute atomic E-state index is 12.4. The van der Waals surface area contributed by atoms with Gasteiger partial charge in [-0.15, -0.1) is 10.2 Å². The Balaban J connectivity index is 1.45. The molecular formula is C29H28N6O3S. The lowest BCUT2D eigenvalue weighted by Crippen LogP contribution is -2.19. The van der Waals surface area contributed by atoms with Crippen LogP contribution in [-0.4, -0.2) is 37.6 Å². The average molecular weight is 541 g/mol. The number of thioether (sulfide) groups is 1. The molecule has 0 aliphatic heterocycles. The normalized spacial score (nSPS) is 11.8. The van der Waals surface area contributed by atoms with Crippen LogP contribution in [0, 0.1) is 10.1 Å². The highest BCUT2D eigenvalue weighted by atomic mass is 32.2. The van der Waals surface area contributed by atoms with Crippen molar-refractivity contribution in [2.45, 2.75) is 31.3 Å². The molecule has 0 atom stereocenters. The van der Waals surface area contributed by atoms with Gasteiger partial charge in [0, 0.05) is 23.5 Å². The molecule has 4 aromatic rings. The summed E-state index contributed by atoms with van der Waals surface area (Å²) in [6.45, 7) is 6.51. The van der Waals surface area contributed by atoms with Gasteiger partial charge in [0.1, 0.15) is 0 Å². The molecule has 198 valence electrons. The summed E-state index contributed by atoms with van der Waals surface area (Å²) in [4.78, 5) is 23.1. The summed E-state index contributed by atoms with van der Waals surface area (Å²) in [6.07, 6.45) is 4.45. The third kappa shape index (κ3) is 7.05. The van der Waals surface area contributed by atoms with Gasteiger partial charge < -0.3 is 0 Å². The number of nitrogens with one attached hydrogen (secondary N) is 1. The number of para-hydroxylation sites is 2. The summed E-state index contributed by atoms with van der Waals surface area (Å²) < 4.78 is 1.93. The molecule has 9 nitrogen and oxygen atoms in total. The minimum absolute atomic E-state index is 0.00497. The van der Waals surface area contributed by atoms with Crippen molar-refractivity contribution in [2.75, 3.05) is 5.75 Å². The van der Waals surface area contributed by atoms with Crippen LogP contribution >= 0.6 is 11.8 Å². The van der Waals surface area contributed by atoms with Crippen LogP contribution in [-0.2, 0) is 10.2 Å². The van der Waals surface area contributed by atoms with Gasteiger partial charge in [0.05, 0.1) is 16.2 Å². The highest BCUT2D eigenvalue weighted by Crippen LogP contribution is 2.30. The van der Waals surface area contributed by atoms with E-state index >= 15 is 0 Å². The summed E-state index contributed by atoms with van der Waals surface area (Å²) in [6, 6.07) is 24.4. The number of allylic oxidation sites excluding steroid dienone is 1. The van der Waals surface area contributed by atoms with Crippen molar-refractivity contribution in [3.05, 3.63) is 106 Å². The number of hydrazone groups is 1. The average Bonchev–Trinajstić information content (AvgIpc) is 3.36. The molecule has 1 amide bonds. The molecule has 1 aromatic heterocycles. The topological polar surface area (TPSA) is 115 Å². The first-order valence-electron chi connectivity index (χ1n) is 12.2. The number of aromatic nitrogens is 3. The molecule has 0 unspecified atom stereocenters. The SMILES string of the molecule is CC(C)(C)c1ccc(-c2nnc(SCC(=O)N/N=C/C=C\c3ccccc3[N+](=O)[O-])n2-c2ccccc2)cc1. The molecule has 0 radical (unpaired) electrons. The minimum atomic E-state index is -0.448. The zero-order valence-electron chi connectivity index (χ0n) is 21.8. The molecule has 1 N–H and O–H groups in total. The molecule has 0 aliphatic carbocycles. The largest absolute Gasteiger partial charge is 0.276 e. The number of nitrogens with zero attached hydrogens (tertiary/aromatic N) is 5. The molecular weight excluding hydrogens is 512 g/mol. The van der Waals surface area contributed by atoms with E-state index in [1.54, 1.807) is 24.3 Å². The van der Waals surface area contributed by atoms with Crippen LogP contribution in [0.25, 0.3) is 23.2 Å². The van der Waals surface area contributed by atoms with Gasteiger partial charge in [-0.2, -0.15) is 5.10 Å². The van der Waals surface area contributed by atoms with E-state index in [2.05, 4.69) is 53.6 Å². The first-order chi connectivity index (χ1) is 18.7. The molecule has 1 heterocycles. The van der Waals surface area contributed by atoms with Gasteiger partial charge in [0.15, 0.2) is 11.0 Å². The van der Waals surface area contributed by atoms with E-state index in [1.807, 2.05) is 47.0 Å². The lowest BCUT2D eigenvalue weighted by atomic mass is 9.87. The lowest BCUT2D eigenvalue weighted by molar-refractivity contribution is -0.385. The van der Waals surface area contributed by atoms with Crippen LogP contribution in [0.3, 0.4) is 0 Å². The van der Waals surface area contributed by atoms with Crippen LogP contribution in [0.15, 0.2) is 95.2 Å². The third-order valence-corrected chi connectivity index (χ3v) is 6.68. The van der Waals surface area contributed by atoms with E-state index in [0.29, 0.717) is 16.5 Å². The predicted octanol–water partition coefficient (Wildman–Crippen LogP) is 6.05. The molecule has 0 saturated heterocycles. The van der Waals surface area contributed by atoms with Gasteiger partial charge in [0.2, 0.25) is 0 Å². The molecule has 39 heavy (non-hydrogen) atoms. The molecule has 0 saturated carbocycles. The van der Waals surface area contributed by atoms with Crippen molar-refractivity contribution in [2.24, 2.45) is 5.10 Å². The summed E-state index contributed by atoms with van der Waals surface area (Å²) in [5, 5.41) is 24.4. The zero-order chi connectivity index (χ0) is 27.8. The molecule has 10 heteroatoms. The zero-order valence-corrected chi connectivity index (χ0v) is 22.6. The van der Waals surface area contributed by atoms with Gasteiger partial charge in [-0.3, -0.25) is 19.5 Å². The highest BCUT2D eigenvalue weighted by molar-refractivity contribution is 7.99. The number of carbonyl (C=O) groups excluding carboxylic acids is 1. The van der Waals surface area contributed by atoms with E-state index in [0.717, 1.165) is 11.3 Å². The van der Waals surface area contributed by atoms with E-state index in [-0.39, 0.29) is 22.8 Å². The molecule has 0 aliphatic rings. The van der Waals surface area contributed by atoms with Gasteiger partial charge in [-0.25, -0.2) is 5.43 Å². The Morgan fingerprint density at radius 3 is 2.41 bits per heavy atom. The Hall–Kier alpha value is -4.57. The van der Waals surface area contributed by atoms with Gasteiger partial charge >= 0.3 is 0 Å². The summed E-state index contributed by atoms with van der Waals surface area (Å²) >= 11 is 1.25. The fourth-order valence-corrected chi connectivity index (χ4v) is 4.48. The fourth-order valence-electron chi connectivity index (χ4n) is 3.74. The molecule has 0 fully saturated rings. The molecule has 3 aromatic carbocycles. The van der Waals surface area contributed by atoms with Crippen molar-refractivity contribution < 1.29 is 9.72 Å². The predicted molar refractivity (Wildman–Crippen MR) is 155 cm³/mol. The minimum Gasteiger partial charge on any atom is -0.272 e. The lowest BCUT2D eigenvalue weighted by Gasteiger charge is -2.19. The highest BCUT2D eigenvalue weighted by Gasteiger charge is 2.19. The second kappa shape index (κ2) is 12.3. The summed E-state index contributed by atoms with van der Waals surface area (Å²) in [5.74, 6) is 0.427. The molecule has 0 spiro atoms. The van der Waals surface area contributed by atoms with Crippen LogP contribution in [0.2, 0.25) is 0 Å².